The van der Waals surface area contributed by atoms with Crippen LogP contribution in [0.1, 0.15) is 47.2 Å². The molecule has 9 aromatic carbocycles. The summed E-state index contributed by atoms with van der Waals surface area (Å²) >= 11 is 0. The molecule has 288 valence electrons. The van der Waals surface area contributed by atoms with Crippen LogP contribution in [0.2, 0.25) is 0 Å². The van der Waals surface area contributed by atoms with Gasteiger partial charge in [-0.15, -0.1) is 0 Å². The number of fused-ring (bicyclic) bond motifs is 3. The van der Waals surface area contributed by atoms with Gasteiger partial charge in [-0.2, -0.15) is 0 Å². The largest absolute Gasteiger partial charge is 0.310 e. The lowest BCUT2D eigenvalue weighted by Crippen LogP contribution is -2.14. The number of rotatable bonds is 10. The molecule has 0 spiro atoms. The topological polar surface area (TPSA) is 3.24 Å². The first kappa shape index (κ1) is 37.1. The number of hydrogen-bond acceptors (Lipinski definition) is 1. The third kappa shape index (κ3) is 7.14. The first-order chi connectivity index (χ1) is 29.5. The van der Waals surface area contributed by atoms with E-state index in [-0.39, 0.29) is 5.41 Å². The van der Waals surface area contributed by atoms with Crippen molar-refractivity contribution in [2.75, 3.05) is 4.90 Å². The highest BCUT2D eigenvalue weighted by Crippen LogP contribution is 2.49. The second kappa shape index (κ2) is 15.9. The van der Waals surface area contributed by atoms with Crippen molar-refractivity contribution < 1.29 is 0 Å². The van der Waals surface area contributed by atoms with Gasteiger partial charge in [0.2, 0.25) is 0 Å². The molecule has 1 aliphatic rings. The smallest absolute Gasteiger partial charge is 0.0464 e. The Kier molecular flexibility index (Phi) is 9.79. The standard InChI is InChI=1S/C59H47N/c1-59(2)57-25-15-14-24-55(57)56-36-30-47(41-58(56)59)46-28-33-51(34-29-46)60(50-31-26-45(27-32-50)44-20-10-5-11-21-44)52-35-37-54(49(40-52)39-43-18-8-4-9-19-43)53-23-13-12-22-48(53)38-42-16-6-3-7-17-42/h3-37,40-41H,38-39H2,1-2H3. The maximum Gasteiger partial charge on any atom is 0.0464 e. The molecule has 1 aliphatic carbocycles. The van der Waals surface area contributed by atoms with Crippen molar-refractivity contribution in [1.82, 2.24) is 0 Å². The molecule has 10 rings (SSSR count). The molecule has 0 aromatic heterocycles. The van der Waals surface area contributed by atoms with Gasteiger partial charge in [0.1, 0.15) is 0 Å². The van der Waals surface area contributed by atoms with Gasteiger partial charge in [0.05, 0.1) is 0 Å². The fourth-order valence-electron chi connectivity index (χ4n) is 9.26. The van der Waals surface area contributed by atoms with Crippen molar-refractivity contribution in [2.24, 2.45) is 0 Å². The van der Waals surface area contributed by atoms with Gasteiger partial charge in [-0.25, -0.2) is 0 Å². The highest BCUT2D eigenvalue weighted by Gasteiger charge is 2.35. The molecule has 0 heterocycles. The van der Waals surface area contributed by atoms with E-state index in [1.54, 1.807) is 0 Å². The van der Waals surface area contributed by atoms with Gasteiger partial charge < -0.3 is 4.90 Å². The van der Waals surface area contributed by atoms with Gasteiger partial charge in [-0.3, -0.25) is 0 Å². The Bertz CT molecular complexity index is 2910. The Balaban J connectivity index is 1.07. The van der Waals surface area contributed by atoms with E-state index >= 15 is 0 Å². The Morgan fingerprint density at radius 1 is 0.317 bits per heavy atom. The minimum absolute atomic E-state index is 0.0454. The van der Waals surface area contributed by atoms with Crippen LogP contribution in [0, 0.1) is 0 Å². The summed E-state index contributed by atoms with van der Waals surface area (Å²) in [7, 11) is 0. The van der Waals surface area contributed by atoms with E-state index in [9.17, 15) is 0 Å². The van der Waals surface area contributed by atoms with Crippen molar-refractivity contribution in [1.29, 1.82) is 0 Å². The third-order valence-corrected chi connectivity index (χ3v) is 12.4. The minimum Gasteiger partial charge on any atom is -0.310 e. The molecule has 0 atom stereocenters. The molecule has 9 aromatic rings. The van der Waals surface area contributed by atoms with Gasteiger partial charge in [-0.1, -0.05) is 196 Å². The molecule has 0 amide bonds. The Labute approximate surface area is 354 Å². The van der Waals surface area contributed by atoms with E-state index in [2.05, 4.69) is 243 Å². The number of anilines is 3. The maximum absolute atomic E-state index is 2.42. The minimum atomic E-state index is -0.0454. The molecule has 0 radical (unpaired) electrons. The molecule has 60 heavy (non-hydrogen) atoms. The van der Waals surface area contributed by atoms with Crippen LogP contribution in [0.25, 0.3) is 44.5 Å². The molecule has 0 saturated heterocycles. The highest BCUT2D eigenvalue weighted by atomic mass is 15.1. The van der Waals surface area contributed by atoms with E-state index in [1.807, 2.05) is 0 Å². The lowest BCUT2D eigenvalue weighted by Gasteiger charge is -2.27. The zero-order valence-electron chi connectivity index (χ0n) is 34.2. The van der Waals surface area contributed by atoms with Crippen molar-refractivity contribution in [3.63, 3.8) is 0 Å². The molecule has 0 fully saturated rings. The van der Waals surface area contributed by atoms with Gasteiger partial charge >= 0.3 is 0 Å². The summed E-state index contributed by atoms with van der Waals surface area (Å²) in [4.78, 5) is 2.41. The molecular weight excluding hydrogens is 723 g/mol. The fraction of sp³-hybridized carbons (Fsp3) is 0.0847. The van der Waals surface area contributed by atoms with Gasteiger partial charge in [0, 0.05) is 22.5 Å². The lowest BCUT2D eigenvalue weighted by molar-refractivity contribution is 0.660. The third-order valence-electron chi connectivity index (χ3n) is 12.4. The predicted molar refractivity (Wildman–Crippen MR) is 253 cm³/mol. The molecule has 0 saturated carbocycles. The van der Waals surface area contributed by atoms with Crippen LogP contribution in [-0.2, 0) is 18.3 Å². The lowest BCUT2D eigenvalue weighted by atomic mass is 9.81. The first-order valence-corrected chi connectivity index (χ1v) is 21.1. The van der Waals surface area contributed by atoms with Crippen LogP contribution in [-0.4, -0.2) is 0 Å². The number of nitrogens with zero attached hydrogens (tertiary/aromatic N) is 1. The van der Waals surface area contributed by atoms with E-state index in [0.29, 0.717) is 0 Å². The van der Waals surface area contributed by atoms with Crippen LogP contribution in [0.3, 0.4) is 0 Å². The highest BCUT2D eigenvalue weighted by molar-refractivity contribution is 5.85. The molecule has 0 aliphatic heterocycles. The summed E-state index contributed by atoms with van der Waals surface area (Å²) in [5.74, 6) is 0. The summed E-state index contributed by atoms with van der Waals surface area (Å²) in [5, 5.41) is 0. The van der Waals surface area contributed by atoms with Gasteiger partial charge in [-0.05, 0) is 133 Å². The zero-order chi connectivity index (χ0) is 40.5. The predicted octanol–water partition coefficient (Wildman–Crippen LogP) is 15.6. The monoisotopic (exact) mass is 769 g/mol. The van der Waals surface area contributed by atoms with Crippen molar-refractivity contribution >= 4 is 17.1 Å². The molecule has 0 N–H and O–H groups in total. The summed E-state index contributed by atoms with van der Waals surface area (Å²) in [6.07, 6.45) is 1.70. The molecule has 0 bridgehead atoms. The van der Waals surface area contributed by atoms with E-state index < -0.39 is 0 Å². The van der Waals surface area contributed by atoms with Crippen molar-refractivity contribution in [2.45, 2.75) is 32.1 Å². The number of hydrogen-bond donors (Lipinski definition) is 0. The zero-order valence-corrected chi connectivity index (χ0v) is 34.2. The molecule has 1 heteroatoms. The fourth-order valence-corrected chi connectivity index (χ4v) is 9.26. The van der Waals surface area contributed by atoms with Crippen LogP contribution in [0.15, 0.2) is 224 Å². The van der Waals surface area contributed by atoms with Gasteiger partial charge in [0.25, 0.3) is 0 Å². The summed E-state index contributed by atoms with van der Waals surface area (Å²) < 4.78 is 0. The Morgan fingerprint density at radius 2 is 0.750 bits per heavy atom. The van der Waals surface area contributed by atoms with Crippen molar-refractivity contribution in [3.8, 4) is 44.5 Å². The Morgan fingerprint density at radius 3 is 1.40 bits per heavy atom. The molecule has 0 unspecified atom stereocenters. The van der Waals surface area contributed by atoms with E-state index in [0.717, 1.165) is 29.9 Å². The normalized spacial score (nSPS) is 12.4. The number of benzene rings is 9. The van der Waals surface area contributed by atoms with Crippen LogP contribution in [0.5, 0.6) is 0 Å². The summed E-state index contributed by atoms with van der Waals surface area (Å²) in [6.45, 7) is 4.70. The van der Waals surface area contributed by atoms with E-state index in [4.69, 9.17) is 0 Å². The van der Waals surface area contributed by atoms with Crippen molar-refractivity contribution in [3.05, 3.63) is 258 Å². The van der Waals surface area contributed by atoms with Gasteiger partial charge in [0.15, 0.2) is 0 Å². The summed E-state index contributed by atoms with van der Waals surface area (Å²) in [5.41, 5.74) is 21.4. The van der Waals surface area contributed by atoms with Crippen LogP contribution >= 0.6 is 0 Å². The van der Waals surface area contributed by atoms with E-state index in [1.165, 1.54) is 77.9 Å². The first-order valence-electron chi connectivity index (χ1n) is 21.1. The van der Waals surface area contributed by atoms with Crippen LogP contribution < -0.4 is 4.90 Å². The Hall–Kier alpha value is -7.22. The average molecular weight is 770 g/mol. The SMILES string of the molecule is CC1(C)c2ccccc2-c2ccc(-c3ccc(N(c4ccc(-c5ccccc5)cc4)c4ccc(-c5ccccc5Cc5ccccc5)c(Cc5ccccc5)c4)cc3)cc21. The quantitative estimate of drug-likeness (QED) is 0.134. The summed E-state index contributed by atoms with van der Waals surface area (Å²) in [6, 6.07) is 82.3. The average Bonchev–Trinajstić information content (AvgIpc) is 3.53. The molecule has 1 nitrogen and oxygen atoms in total. The second-order valence-corrected chi connectivity index (χ2v) is 16.5. The molecular formula is C59H47N. The second-order valence-electron chi connectivity index (χ2n) is 16.5. The van der Waals surface area contributed by atoms with Crippen LogP contribution in [0.4, 0.5) is 17.1 Å². The maximum atomic E-state index is 2.42.